The molecule has 0 aliphatic carbocycles. The van der Waals surface area contributed by atoms with Crippen LogP contribution in [0.3, 0.4) is 0 Å². The van der Waals surface area contributed by atoms with E-state index in [1.165, 1.54) is 6.26 Å². The van der Waals surface area contributed by atoms with E-state index in [2.05, 4.69) is 0 Å². The summed E-state index contributed by atoms with van der Waals surface area (Å²) in [5, 5.41) is 8.47. The second-order valence-electron chi connectivity index (χ2n) is 4.11. The molecule has 1 N–H and O–H groups in total. The van der Waals surface area contributed by atoms with Crippen molar-refractivity contribution in [2.75, 3.05) is 46.2 Å². The highest BCUT2D eigenvalue weighted by Gasteiger charge is 2.05. The lowest BCUT2D eigenvalue weighted by molar-refractivity contribution is -0.139. The van der Waals surface area contributed by atoms with E-state index in [1.807, 2.05) is 6.92 Å². The number of aliphatic hydroxyl groups excluding tert-OH is 1. The Kier molecular flexibility index (Phi) is 13.5. The fraction of sp³-hybridized carbons (Fsp3) is 0.786. The Balaban J connectivity index is 3.46. The van der Waals surface area contributed by atoms with E-state index in [9.17, 15) is 4.79 Å². The van der Waals surface area contributed by atoms with E-state index in [-0.39, 0.29) is 12.6 Å². The fourth-order valence-corrected chi connectivity index (χ4v) is 1.15. The van der Waals surface area contributed by atoms with Crippen LogP contribution in [0.5, 0.6) is 0 Å². The zero-order valence-electron chi connectivity index (χ0n) is 12.4. The van der Waals surface area contributed by atoms with Crippen molar-refractivity contribution in [1.82, 2.24) is 0 Å². The highest BCUT2D eigenvalue weighted by molar-refractivity contribution is 5.87. The molecule has 0 aromatic carbocycles. The molecule has 6 heteroatoms. The molecule has 0 spiro atoms. The molecule has 6 nitrogen and oxygen atoms in total. The minimum absolute atomic E-state index is 0.0154. The quantitative estimate of drug-likeness (QED) is 0.238. The molecule has 0 atom stereocenters. The Morgan fingerprint density at radius 3 is 2.35 bits per heavy atom. The van der Waals surface area contributed by atoms with Crippen LogP contribution in [0.25, 0.3) is 0 Å². The van der Waals surface area contributed by atoms with Crippen molar-refractivity contribution in [2.24, 2.45) is 0 Å². The van der Waals surface area contributed by atoms with Crippen LogP contribution in [0.1, 0.15) is 26.7 Å². The van der Waals surface area contributed by atoms with Gasteiger partial charge in [-0.2, -0.15) is 0 Å². The first kappa shape index (κ1) is 18.9. The average molecular weight is 290 g/mol. The number of hydrogen-bond donors (Lipinski definition) is 1. The molecule has 0 saturated carbocycles. The maximum Gasteiger partial charge on any atom is 0.336 e. The molecule has 0 aliphatic heterocycles. The largest absolute Gasteiger partial charge is 0.498 e. The Morgan fingerprint density at radius 2 is 1.70 bits per heavy atom. The Morgan fingerprint density at radius 1 is 1.05 bits per heavy atom. The minimum atomic E-state index is -0.350. The number of carbonyl (C=O) groups excluding carboxylic acids is 1. The van der Waals surface area contributed by atoms with Crippen molar-refractivity contribution in [3.05, 3.63) is 11.8 Å². The van der Waals surface area contributed by atoms with Crippen LogP contribution in [0.15, 0.2) is 11.8 Å². The third-order valence-electron chi connectivity index (χ3n) is 2.27. The van der Waals surface area contributed by atoms with Gasteiger partial charge in [0, 0.05) is 0 Å². The van der Waals surface area contributed by atoms with Gasteiger partial charge in [-0.05, 0) is 13.3 Å². The summed E-state index contributed by atoms with van der Waals surface area (Å²) in [7, 11) is 0. The minimum Gasteiger partial charge on any atom is -0.498 e. The van der Waals surface area contributed by atoms with Crippen molar-refractivity contribution < 1.29 is 28.8 Å². The Labute approximate surface area is 120 Å². The monoisotopic (exact) mass is 290 g/mol. The van der Waals surface area contributed by atoms with E-state index < -0.39 is 0 Å². The van der Waals surface area contributed by atoms with Gasteiger partial charge in [0.15, 0.2) is 0 Å². The molecule has 0 amide bonds. The zero-order valence-corrected chi connectivity index (χ0v) is 12.4. The van der Waals surface area contributed by atoms with Crippen LogP contribution < -0.4 is 0 Å². The first-order chi connectivity index (χ1) is 9.72. The maximum atomic E-state index is 11.4. The van der Waals surface area contributed by atoms with Gasteiger partial charge in [0.25, 0.3) is 0 Å². The molecule has 0 radical (unpaired) electrons. The van der Waals surface area contributed by atoms with Gasteiger partial charge >= 0.3 is 5.97 Å². The second-order valence-corrected chi connectivity index (χ2v) is 4.11. The summed E-state index contributed by atoms with van der Waals surface area (Å²) < 4.78 is 20.4. The number of unbranched alkanes of at least 4 members (excludes halogenated alkanes) is 1. The third kappa shape index (κ3) is 12.0. The molecular weight excluding hydrogens is 264 g/mol. The number of rotatable bonds is 13. The highest BCUT2D eigenvalue weighted by Crippen LogP contribution is 1.99. The van der Waals surface area contributed by atoms with Crippen molar-refractivity contribution in [3.8, 4) is 0 Å². The predicted molar refractivity (Wildman–Crippen MR) is 74.3 cm³/mol. The summed E-state index contributed by atoms with van der Waals surface area (Å²) in [4.78, 5) is 11.4. The summed E-state index contributed by atoms with van der Waals surface area (Å²) in [5.41, 5.74) is 0.437. The molecule has 0 heterocycles. The highest BCUT2D eigenvalue weighted by atomic mass is 16.5. The molecule has 0 aromatic heterocycles. The molecule has 20 heavy (non-hydrogen) atoms. The van der Waals surface area contributed by atoms with Gasteiger partial charge < -0.3 is 24.1 Å². The van der Waals surface area contributed by atoms with Crippen LogP contribution >= 0.6 is 0 Å². The number of aliphatic hydroxyl groups is 1. The molecule has 0 fully saturated rings. The smallest absolute Gasteiger partial charge is 0.336 e. The number of esters is 1. The van der Waals surface area contributed by atoms with Crippen LogP contribution in [-0.4, -0.2) is 57.3 Å². The van der Waals surface area contributed by atoms with Crippen molar-refractivity contribution in [3.63, 3.8) is 0 Å². The first-order valence-corrected chi connectivity index (χ1v) is 6.94. The number of hydrogen-bond acceptors (Lipinski definition) is 6. The molecule has 118 valence electrons. The van der Waals surface area contributed by atoms with E-state index in [1.54, 1.807) is 6.92 Å². The van der Waals surface area contributed by atoms with Crippen molar-refractivity contribution in [1.29, 1.82) is 0 Å². The lowest BCUT2D eigenvalue weighted by atomic mass is 10.3. The van der Waals surface area contributed by atoms with Gasteiger partial charge in [0.05, 0.1) is 51.5 Å². The lowest BCUT2D eigenvalue weighted by Crippen LogP contribution is -2.10. The van der Waals surface area contributed by atoms with Crippen molar-refractivity contribution >= 4 is 5.97 Å². The average Bonchev–Trinajstić information content (AvgIpc) is 2.45. The molecular formula is C14H26O6. The third-order valence-corrected chi connectivity index (χ3v) is 2.27. The second kappa shape index (κ2) is 14.3. The van der Waals surface area contributed by atoms with E-state index >= 15 is 0 Å². The fourth-order valence-electron chi connectivity index (χ4n) is 1.15. The molecule has 0 bridgehead atoms. The predicted octanol–water partition coefficient (Wildman–Crippen LogP) is 1.28. The van der Waals surface area contributed by atoms with Crippen LogP contribution in [0, 0.1) is 0 Å². The standard InChI is InChI=1S/C14H26O6/c1-3-4-6-20-14(16)13(2)12-19-11-10-18-9-8-17-7-5-15/h12,15H,3-11H2,1-2H3. The topological polar surface area (TPSA) is 74.2 Å². The van der Waals surface area contributed by atoms with Gasteiger partial charge in [-0.3, -0.25) is 0 Å². The van der Waals surface area contributed by atoms with Crippen molar-refractivity contribution in [2.45, 2.75) is 26.7 Å². The number of ether oxygens (including phenoxy) is 4. The van der Waals surface area contributed by atoms with Gasteiger partial charge in [0.2, 0.25) is 0 Å². The SMILES string of the molecule is CCCCOC(=O)C(C)=COCCOCCOCCO. The van der Waals surface area contributed by atoms with E-state index in [0.717, 1.165) is 12.8 Å². The van der Waals surface area contributed by atoms with Crippen LogP contribution in [0.2, 0.25) is 0 Å². The van der Waals surface area contributed by atoms with Gasteiger partial charge in [0.1, 0.15) is 6.61 Å². The summed E-state index contributed by atoms with van der Waals surface area (Å²) >= 11 is 0. The summed E-state index contributed by atoms with van der Waals surface area (Å²) in [6, 6.07) is 0. The summed E-state index contributed by atoms with van der Waals surface area (Å²) in [6.07, 6.45) is 3.25. The lowest BCUT2D eigenvalue weighted by Gasteiger charge is -2.06. The normalized spacial score (nSPS) is 11.4. The van der Waals surface area contributed by atoms with Crippen LogP contribution in [0.4, 0.5) is 0 Å². The van der Waals surface area contributed by atoms with Gasteiger partial charge in [-0.15, -0.1) is 0 Å². The molecule has 0 aliphatic rings. The molecule has 0 aromatic rings. The summed E-state index contributed by atoms with van der Waals surface area (Å²) in [5.74, 6) is -0.350. The van der Waals surface area contributed by atoms with E-state index in [4.69, 9.17) is 24.1 Å². The molecule has 0 unspecified atom stereocenters. The maximum absolute atomic E-state index is 11.4. The van der Waals surface area contributed by atoms with Crippen LogP contribution in [-0.2, 0) is 23.7 Å². The van der Waals surface area contributed by atoms with E-state index in [0.29, 0.717) is 45.2 Å². The molecule has 0 rings (SSSR count). The summed E-state index contributed by atoms with van der Waals surface area (Å²) in [6.45, 7) is 6.13. The molecule has 0 saturated heterocycles. The first-order valence-electron chi connectivity index (χ1n) is 6.94. The Bertz CT molecular complexity index is 264. The van der Waals surface area contributed by atoms with Gasteiger partial charge in [-0.25, -0.2) is 4.79 Å². The zero-order chi connectivity index (χ0) is 15.1. The van der Waals surface area contributed by atoms with Gasteiger partial charge in [-0.1, -0.05) is 13.3 Å². The Hall–Kier alpha value is -1.11. The number of carbonyl (C=O) groups is 1.